The molecule has 0 spiro atoms. The van der Waals surface area contributed by atoms with Gasteiger partial charge in [0.15, 0.2) is 0 Å². The molecule has 5 heteroatoms. The third-order valence-electron chi connectivity index (χ3n) is 1.74. The lowest BCUT2D eigenvalue weighted by molar-refractivity contribution is -0.136. The summed E-state index contributed by atoms with van der Waals surface area (Å²) in [4.78, 5) is 21.7. The van der Waals surface area contributed by atoms with Gasteiger partial charge in [0.05, 0.1) is 12.0 Å². The van der Waals surface area contributed by atoms with Crippen LogP contribution in [-0.4, -0.2) is 23.5 Å². The molecule has 0 heterocycles. The summed E-state index contributed by atoms with van der Waals surface area (Å²) < 4.78 is 0.692. The number of carbonyl (C=O) groups is 2. The average Bonchev–Trinajstić information content (AvgIpc) is 2.17. The van der Waals surface area contributed by atoms with Crippen LogP contribution >= 0.6 is 15.9 Å². The quantitative estimate of drug-likeness (QED) is 0.875. The third kappa shape index (κ3) is 3.71. The first kappa shape index (κ1) is 11.7. The van der Waals surface area contributed by atoms with Gasteiger partial charge in [-0.3, -0.25) is 9.59 Å². The Hall–Kier alpha value is -1.36. The first-order valence-corrected chi connectivity index (χ1v) is 5.15. The van der Waals surface area contributed by atoms with Crippen LogP contribution in [0.25, 0.3) is 0 Å². The second-order valence-corrected chi connectivity index (χ2v) is 3.73. The molecule has 0 saturated carbocycles. The van der Waals surface area contributed by atoms with E-state index in [1.807, 2.05) is 0 Å². The van der Waals surface area contributed by atoms with Crippen molar-refractivity contribution in [2.24, 2.45) is 0 Å². The maximum Gasteiger partial charge on any atom is 0.305 e. The number of hydrogen-bond donors (Lipinski definition) is 2. The molecule has 80 valence electrons. The van der Waals surface area contributed by atoms with Gasteiger partial charge >= 0.3 is 5.97 Å². The van der Waals surface area contributed by atoms with Gasteiger partial charge in [-0.25, -0.2) is 0 Å². The SMILES string of the molecule is O=C(O)CCNC(=O)c1ccccc1Br. The van der Waals surface area contributed by atoms with Crippen LogP contribution < -0.4 is 5.32 Å². The lowest BCUT2D eigenvalue weighted by atomic mass is 10.2. The van der Waals surface area contributed by atoms with Gasteiger partial charge in [0.2, 0.25) is 0 Å². The number of halogens is 1. The second kappa shape index (κ2) is 5.50. The molecule has 0 saturated heterocycles. The predicted octanol–water partition coefficient (Wildman–Crippen LogP) is 1.65. The van der Waals surface area contributed by atoms with Gasteiger partial charge in [-0.2, -0.15) is 0 Å². The molecule has 4 nitrogen and oxygen atoms in total. The summed E-state index contributed by atoms with van der Waals surface area (Å²) in [6.45, 7) is 0.134. The van der Waals surface area contributed by atoms with Crippen molar-refractivity contribution in [2.45, 2.75) is 6.42 Å². The molecule has 0 bridgehead atoms. The van der Waals surface area contributed by atoms with Crippen LogP contribution in [0.4, 0.5) is 0 Å². The van der Waals surface area contributed by atoms with E-state index in [1.54, 1.807) is 24.3 Å². The number of carbonyl (C=O) groups excluding carboxylic acids is 1. The standard InChI is InChI=1S/C10H10BrNO3/c11-8-4-2-1-3-7(8)10(15)12-6-5-9(13)14/h1-4H,5-6H2,(H,12,15)(H,13,14). The van der Waals surface area contributed by atoms with Gasteiger partial charge in [-0.15, -0.1) is 0 Å². The van der Waals surface area contributed by atoms with Gasteiger partial charge in [0.25, 0.3) is 5.91 Å². The average molecular weight is 272 g/mol. The Morgan fingerprint density at radius 3 is 2.60 bits per heavy atom. The topological polar surface area (TPSA) is 66.4 Å². The fourth-order valence-corrected chi connectivity index (χ4v) is 1.49. The molecule has 0 aliphatic carbocycles. The van der Waals surface area contributed by atoms with E-state index >= 15 is 0 Å². The van der Waals surface area contributed by atoms with Crippen molar-refractivity contribution in [1.82, 2.24) is 5.32 Å². The Labute approximate surface area is 95.4 Å². The zero-order valence-corrected chi connectivity index (χ0v) is 9.45. The number of benzene rings is 1. The van der Waals surface area contributed by atoms with Gasteiger partial charge in [0, 0.05) is 11.0 Å². The molecule has 0 aromatic heterocycles. The van der Waals surface area contributed by atoms with E-state index < -0.39 is 5.97 Å². The van der Waals surface area contributed by atoms with Crippen LogP contribution in [0.5, 0.6) is 0 Å². The smallest absolute Gasteiger partial charge is 0.305 e. The molecule has 0 unspecified atom stereocenters. The fourth-order valence-electron chi connectivity index (χ4n) is 1.02. The minimum atomic E-state index is -0.928. The number of carboxylic acid groups (broad SMARTS) is 1. The Kier molecular flexibility index (Phi) is 4.30. The third-order valence-corrected chi connectivity index (χ3v) is 2.43. The van der Waals surface area contributed by atoms with Crippen LogP contribution in [0.2, 0.25) is 0 Å². The molecular formula is C10H10BrNO3. The number of nitrogens with one attached hydrogen (secondary N) is 1. The highest BCUT2D eigenvalue weighted by atomic mass is 79.9. The molecular weight excluding hydrogens is 262 g/mol. The minimum absolute atomic E-state index is 0.0732. The zero-order valence-electron chi connectivity index (χ0n) is 7.87. The maximum absolute atomic E-state index is 11.5. The van der Waals surface area contributed by atoms with Crippen molar-refractivity contribution in [1.29, 1.82) is 0 Å². The molecule has 0 aliphatic rings. The molecule has 0 fully saturated rings. The van der Waals surface area contributed by atoms with Crippen LogP contribution in [-0.2, 0) is 4.79 Å². The Balaban J connectivity index is 2.54. The van der Waals surface area contributed by atoms with E-state index in [0.717, 1.165) is 0 Å². The molecule has 1 amide bonds. The van der Waals surface area contributed by atoms with Gasteiger partial charge in [-0.1, -0.05) is 12.1 Å². The van der Waals surface area contributed by atoms with Crippen molar-refractivity contribution in [3.8, 4) is 0 Å². The molecule has 1 aromatic rings. The summed E-state index contributed by atoms with van der Waals surface area (Å²) in [5, 5.41) is 10.9. The van der Waals surface area contributed by atoms with Gasteiger partial charge in [-0.05, 0) is 28.1 Å². The van der Waals surface area contributed by atoms with Crippen molar-refractivity contribution in [2.75, 3.05) is 6.54 Å². The first-order chi connectivity index (χ1) is 7.11. The summed E-state index contributed by atoms with van der Waals surface area (Å²) in [5.74, 6) is -1.20. The van der Waals surface area contributed by atoms with Crippen molar-refractivity contribution < 1.29 is 14.7 Å². The van der Waals surface area contributed by atoms with Crippen molar-refractivity contribution >= 4 is 27.8 Å². The zero-order chi connectivity index (χ0) is 11.3. The van der Waals surface area contributed by atoms with Crippen molar-refractivity contribution in [3.05, 3.63) is 34.3 Å². The predicted molar refractivity (Wildman–Crippen MR) is 58.7 cm³/mol. The number of amides is 1. The number of carboxylic acids is 1. The number of rotatable bonds is 4. The van der Waals surface area contributed by atoms with E-state index in [0.29, 0.717) is 10.0 Å². The Morgan fingerprint density at radius 1 is 1.33 bits per heavy atom. The monoisotopic (exact) mass is 271 g/mol. The molecule has 1 rings (SSSR count). The van der Waals surface area contributed by atoms with Gasteiger partial charge in [0.1, 0.15) is 0 Å². The van der Waals surface area contributed by atoms with Crippen LogP contribution in [0.3, 0.4) is 0 Å². The Morgan fingerprint density at radius 2 is 2.00 bits per heavy atom. The Bertz CT molecular complexity index is 379. The lowest BCUT2D eigenvalue weighted by Gasteiger charge is -2.04. The number of hydrogen-bond acceptors (Lipinski definition) is 2. The fraction of sp³-hybridized carbons (Fsp3) is 0.200. The molecule has 1 aromatic carbocycles. The van der Waals surface area contributed by atoms with Crippen LogP contribution in [0, 0.1) is 0 Å². The summed E-state index contributed by atoms with van der Waals surface area (Å²) in [5.41, 5.74) is 0.503. The summed E-state index contributed by atoms with van der Waals surface area (Å²) in [6.07, 6.45) is -0.0732. The van der Waals surface area contributed by atoms with E-state index in [2.05, 4.69) is 21.2 Å². The van der Waals surface area contributed by atoms with Crippen LogP contribution in [0.15, 0.2) is 28.7 Å². The summed E-state index contributed by atoms with van der Waals surface area (Å²) in [6, 6.07) is 6.97. The maximum atomic E-state index is 11.5. The summed E-state index contributed by atoms with van der Waals surface area (Å²) >= 11 is 3.24. The van der Waals surface area contributed by atoms with E-state index in [-0.39, 0.29) is 18.9 Å². The normalized spacial score (nSPS) is 9.67. The van der Waals surface area contributed by atoms with Gasteiger partial charge < -0.3 is 10.4 Å². The molecule has 2 N–H and O–H groups in total. The van der Waals surface area contributed by atoms with Crippen LogP contribution in [0.1, 0.15) is 16.8 Å². The molecule has 0 radical (unpaired) electrons. The van der Waals surface area contributed by atoms with E-state index in [1.165, 1.54) is 0 Å². The summed E-state index contributed by atoms with van der Waals surface area (Å²) in [7, 11) is 0. The highest BCUT2D eigenvalue weighted by molar-refractivity contribution is 9.10. The highest BCUT2D eigenvalue weighted by Gasteiger charge is 2.08. The second-order valence-electron chi connectivity index (χ2n) is 2.88. The minimum Gasteiger partial charge on any atom is -0.481 e. The van der Waals surface area contributed by atoms with Crippen molar-refractivity contribution in [3.63, 3.8) is 0 Å². The molecule has 0 atom stereocenters. The molecule has 0 aliphatic heterocycles. The van der Waals surface area contributed by atoms with E-state index in [9.17, 15) is 9.59 Å². The number of aliphatic carboxylic acids is 1. The van der Waals surface area contributed by atoms with E-state index in [4.69, 9.17) is 5.11 Å². The highest BCUT2D eigenvalue weighted by Crippen LogP contribution is 2.15. The first-order valence-electron chi connectivity index (χ1n) is 4.36. The largest absolute Gasteiger partial charge is 0.481 e. The molecule has 15 heavy (non-hydrogen) atoms. The lowest BCUT2D eigenvalue weighted by Crippen LogP contribution is -2.26.